The Hall–Kier alpha value is -1.92. The number of benzene rings is 1. The first-order valence-corrected chi connectivity index (χ1v) is 4.42. The summed E-state index contributed by atoms with van der Waals surface area (Å²) in [5, 5.41) is 27.2. The van der Waals surface area contributed by atoms with Crippen LogP contribution in [0.4, 0.5) is 0 Å². The second-order valence-corrected chi connectivity index (χ2v) is 3.18. The van der Waals surface area contributed by atoms with Gasteiger partial charge in [-0.3, -0.25) is 4.79 Å². The highest BCUT2D eigenvalue weighted by atomic mass is 16.4. The molecule has 2 unspecified atom stereocenters. The lowest BCUT2D eigenvalue weighted by Crippen LogP contribution is -2.29. The van der Waals surface area contributed by atoms with Gasteiger partial charge >= 0.3 is 5.97 Å². The number of aliphatic hydroxyl groups is 2. The molecule has 0 saturated heterocycles. The molecular weight excluding hydrogens is 214 g/mol. The lowest BCUT2D eigenvalue weighted by molar-refractivity contribution is -0.153. The lowest BCUT2D eigenvalue weighted by Gasteiger charge is -2.16. The van der Waals surface area contributed by atoms with Crippen molar-refractivity contribution in [3.05, 3.63) is 35.4 Å². The van der Waals surface area contributed by atoms with Gasteiger partial charge in [-0.1, -0.05) is 18.2 Å². The molecule has 16 heavy (non-hydrogen) atoms. The normalized spacial score (nSPS) is 14.1. The third kappa shape index (κ3) is 2.36. The standard InChI is InChI=1S/C10H11NO5/c11-9(14)6-4-2-1-3-5(6)7(12)8(13)10(15)16/h1-4,7-8,12-13H,(H2,11,14)(H,15,16). The van der Waals surface area contributed by atoms with Crippen LogP contribution in [-0.2, 0) is 4.79 Å². The summed E-state index contributed by atoms with van der Waals surface area (Å²) in [4.78, 5) is 21.5. The van der Waals surface area contributed by atoms with E-state index >= 15 is 0 Å². The zero-order valence-electron chi connectivity index (χ0n) is 8.20. The quantitative estimate of drug-likeness (QED) is 0.538. The van der Waals surface area contributed by atoms with E-state index in [4.69, 9.17) is 15.9 Å². The number of carboxylic acid groups (broad SMARTS) is 1. The maximum Gasteiger partial charge on any atom is 0.335 e. The molecular formula is C10H11NO5. The van der Waals surface area contributed by atoms with Crippen molar-refractivity contribution in [1.29, 1.82) is 0 Å². The van der Waals surface area contributed by atoms with Gasteiger partial charge in [0, 0.05) is 5.56 Å². The summed E-state index contributed by atoms with van der Waals surface area (Å²) < 4.78 is 0. The first-order valence-electron chi connectivity index (χ1n) is 4.42. The van der Waals surface area contributed by atoms with E-state index < -0.39 is 24.1 Å². The zero-order chi connectivity index (χ0) is 12.3. The second kappa shape index (κ2) is 4.73. The number of carboxylic acids is 1. The Bertz CT molecular complexity index is 417. The van der Waals surface area contributed by atoms with Gasteiger partial charge in [-0.2, -0.15) is 0 Å². The van der Waals surface area contributed by atoms with Crippen molar-refractivity contribution in [2.75, 3.05) is 0 Å². The lowest BCUT2D eigenvalue weighted by atomic mass is 9.98. The van der Waals surface area contributed by atoms with Gasteiger partial charge in [0.2, 0.25) is 5.91 Å². The van der Waals surface area contributed by atoms with Gasteiger partial charge in [0.15, 0.2) is 6.10 Å². The molecule has 0 aliphatic rings. The second-order valence-electron chi connectivity index (χ2n) is 3.18. The fourth-order valence-electron chi connectivity index (χ4n) is 1.28. The topological polar surface area (TPSA) is 121 Å². The number of hydrogen-bond donors (Lipinski definition) is 4. The van der Waals surface area contributed by atoms with Crippen LogP contribution in [0.3, 0.4) is 0 Å². The van der Waals surface area contributed by atoms with Gasteiger partial charge in [0.1, 0.15) is 6.10 Å². The molecule has 0 saturated carbocycles. The molecule has 0 heterocycles. The van der Waals surface area contributed by atoms with Crippen molar-refractivity contribution in [1.82, 2.24) is 0 Å². The van der Waals surface area contributed by atoms with Gasteiger partial charge in [0.05, 0.1) is 0 Å². The fourth-order valence-corrected chi connectivity index (χ4v) is 1.28. The minimum Gasteiger partial charge on any atom is -0.479 e. The number of primary amides is 1. The van der Waals surface area contributed by atoms with Crippen molar-refractivity contribution < 1.29 is 24.9 Å². The number of amides is 1. The van der Waals surface area contributed by atoms with E-state index in [-0.39, 0.29) is 11.1 Å². The van der Waals surface area contributed by atoms with Crippen LogP contribution in [0.25, 0.3) is 0 Å². The van der Waals surface area contributed by atoms with E-state index in [1.807, 2.05) is 0 Å². The number of nitrogens with two attached hydrogens (primary N) is 1. The van der Waals surface area contributed by atoms with E-state index in [2.05, 4.69) is 0 Å². The Morgan fingerprint density at radius 1 is 1.19 bits per heavy atom. The molecule has 1 aromatic carbocycles. The van der Waals surface area contributed by atoms with Crippen LogP contribution < -0.4 is 5.73 Å². The Balaban J connectivity index is 3.12. The predicted molar refractivity (Wildman–Crippen MR) is 53.6 cm³/mol. The van der Waals surface area contributed by atoms with Crippen LogP contribution in [0.15, 0.2) is 24.3 Å². The van der Waals surface area contributed by atoms with E-state index in [0.717, 1.165) is 0 Å². The molecule has 6 nitrogen and oxygen atoms in total. The Morgan fingerprint density at radius 3 is 2.25 bits per heavy atom. The molecule has 0 radical (unpaired) electrons. The number of rotatable bonds is 4. The highest BCUT2D eigenvalue weighted by Crippen LogP contribution is 2.21. The predicted octanol–water partition coefficient (Wildman–Crippen LogP) is -0.736. The molecule has 2 atom stereocenters. The van der Waals surface area contributed by atoms with Crippen LogP contribution in [0, 0.1) is 0 Å². The minimum absolute atomic E-state index is 0.00935. The molecule has 0 bridgehead atoms. The summed E-state index contributed by atoms with van der Waals surface area (Å²) in [7, 11) is 0. The number of carbonyl (C=O) groups excluding carboxylic acids is 1. The molecule has 1 rings (SSSR count). The monoisotopic (exact) mass is 225 g/mol. The largest absolute Gasteiger partial charge is 0.479 e. The maximum atomic E-state index is 11.0. The summed E-state index contributed by atoms with van der Waals surface area (Å²) >= 11 is 0. The van der Waals surface area contributed by atoms with Gasteiger partial charge in [-0.05, 0) is 11.6 Å². The number of aliphatic carboxylic acids is 1. The van der Waals surface area contributed by atoms with Crippen LogP contribution >= 0.6 is 0 Å². The van der Waals surface area contributed by atoms with Crippen LogP contribution in [0.5, 0.6) is 0 Å². The highest BCUT2D eigenvalue weighted by molar-refractivity contribution is 5.94. The SMILES string of the molecule is NC(=O)c1ccccc1C(O)C(O)C(=O)O. The summed E-state index contributed by atoms with van der Waals surface area (Å²) in [6.07, 6.45) is -3.69. The number of carbonyl (C=O) groups is 2. The van der Waals surface area contributed by atoms with Crippen molar-refractivity contribution in [2.24, 2.45) is 5.73 Å². The summed E-state index contributed by atoms with van der Waals surface area (Å²) in [6, 6.07) is 5.69. The van der Waals surface area contributed by atoms with Crippen LogP contribution in [-0.4, -0.2) is 33.3 Å². The van der Waals surface area contributed by atoms with Crippen molar-refractivity contribution in [3.8, 4) is 0 Å². The average Bonchev–Trinajstić information content (AvgIpc) is 2.26. The Labute approximate surface area is 90.9 Å². The molecule has 86 valence electrons. The van der Waals surface area contributed by atoms with Gasteiger partial charge in [-0.25, -0.2) is 4.79 Å². The smallest absolute Gasteiger partial charge is 0.335 e. The van der Waals surface area contributed by atoms with E-state index in [0.29, 0.717) is 0 Å². The van der Waals surface area contributed by atoms with Crippen molar-refractivity contribution in [2.45, 2.75) is 12.2 Å². The Morgan fingerprint density at radius 2 is 1.75 bits per heavy atom. The zero-order valence-corrected chi connectivity index (χ0v) is 8.20. The molecule has 5 N–H and O–H groups in total. The molecule has 0 aliphatic heterocycles. The summed E-state index contributed by atoms with van der Waals surface area (Å²) in [5.74, 6) is -2.38. The van der Waals surface area contributed by atoms with E-state index in [1.54, 1.807) is 0 Å². The van der Waals surface area contributed by atoms with Gasteiger partial charge in [0.25, 0.3) is 0 Å². The molecule has 0 aliphatic carbocycles. The van der Waals surface area contributed by atoms with Crippen molar-refractivity contribution >= 4 is 11.9 Å². The minimum atomic E-state index is -2.00. The van der Waals surface area contributed by atoms with Crippen molar-refractivity contribution in [3.63, 3.8) is 0 Å². The number of hydrogen-bond acceptors (Lipinski definition) is 4. The first-order chi connectivity index (χ1) is 7.45. The Kier molecular flexibility index (Phi) is 3.60. The molecule has 0 spiro atoms. The molecule has 1 amide bonds. The molecule has 1 aromatic rings. The third-order valence-corrected chi connectivity index (χ3v) is 2.10. The van der Waals surface area contributed by atoms with Gasteiger partial charge in [-0.15, -0.1) is 0 Å². The summed E-state index contributed by atoms with van der Waals surface area (Å²) in [6.45, 7) is 0. The maximum absolute atomic E-state index is 11.0. The highest BCUT2D eigenvalue weighted by Gasteiger charge is 2.27. The average molecular weight is 225 g/mol. The molecule has 6 heteroatoms. The first kappa shape index (κ1) is 12.2. The van der Waals surface area contributed by atoms with Crippen LogP contribution in [0.2, 0.25) is 0 Å². The number of aliphatic hydroxyl groups excluding tert-OH is 2. The summed E-state index contributed by atoms with van der Waals surface area (Å²) in [5.41, 5.74) is 5.02. The fraction of sp³-hybridized carbons (Fsp3) is 0.200. The van der Waals surface area contributed by atoms with E-state index in [9.17, 15) is 14.7 Å². The van der Waals surface area contributed by atoms with E-state index in [1.165, 1.54) is 24.3 Å². The third-order valence-electron chi connectivity index (χ3n) is 2.10. The van der Waals surface area contributed by atoms with Gasteiger partial charge < -0.3 is 21.1 Å². The molecule has 0 aromatic heterocycles. The molecule has 0 fully saturated rings. The van der Waals surface area contributed by atoms with Crippen LogP contribution in [0.1, 0.15) is 22.0 Å².